The molecular formula is C11H8F6O3. The Labute approximate surface area is 108 Å². The van der Waals surface area contributed by atoms with Crippen molar-refractivity contribution in [3.8, 4) is 5.75 Å². The lowest BCUT2D eigenvalue weighted by Crippen LogP contribution is -2.22. The van der Waals surface area contributed by atoms with E-state index in [1.165, 1.54) is 6.92 Å². The summed E-state index contributed by atoms with van der Waals surface area (Å²) < 4.78 is 80.7. The van der Waals surface area contributed by atoms with Gasteiger partial charge < -0.3 is 9.84 Å². The molecule has 0 aliphatic carbocycles. The second-order valence-electron chi connectivity index (χ2n) is 3.60. The van der Waals surface area contributed by atoms with Crippen LogP contribution in [0.1, 0.15) is 28.4 Å². The molecule has 1 N–H and O–H groups in total. The van der Waals surface area contributed by atoms with E-state index in [1.54, 1.807) is 0 Å². The number of phenolic OH excluding ortho intramolecular Hbond substituents is 1. The molecule has 1 rings (SSSR count). The maximum atomic E-state index is 12.8. The highest BCUT2D eigenvalue weighted by atomic mass is 19.4. The Morgan fingerprint density at radius 1 is 1.10 bits per heavy atom. The first kappa shape index (κ1) is 16.1. The highest BCUT2D eigenvalue weighted by Gasteiger charge is 2.48. The van der Waals surface area contributed by atoms with Crippen molar-refractivity contribution in [3.63, 3.8) is 0 Å². The van der Waals surface area contributed by atoms with Crippen LogP contribution in [0.5, 0.6) is 5.75 Å². The molecule has 1 aromatic carbocycles. The molecule has 0 unspecified atom stereocenters. The number of carbonyl (C=O) groups excluding carboxylic acids is 1. The third-order valence-electron chi connectivity index (χ3n) is 2.25. The molecule has 0 saturated heterocycles. The van der Waals surface area contributed by atoms with Crippen LogP contribution in [-0.2, 0) is 17.1 Å². The average Bonchev–Trinajstić information content (AvgIpc) is 2.25. The number of benzene rings is 1. The first-order chi connectivity index (χ1) is 9.00. The van der Waals surface area contributed by atoms with Crippen molar-refractivity contribution in [2.24, 2.45) is 0 Å². The van der Waals surface area contributed by atoms with Crippen LogP contribution < -0.4 is 0 Å². The molecular weight excluding hydrogens is 294 g/mol. The lowest BCUT2D eigenvalue weighted by atomic mass is 9.98. The van der Waals surface area contributed by atoms with Crippen LogP contribution in [0.3, 0.4) is 0 Å². The molecule has 0 fully saturated rings. The van der Waals surface area contributed by atoms with Crippen LogP contribution in [0.2, 0.25) is 0 Å². The zero-order valence-electron chi connectivity index (χ0n) is 9.89. The van der Waals surface area contributed by atoms with Gasteiger partial charge in [0.2, 0.25) is 0 Å². The van der Waals surface area contributed by atoms with Crippen LogP contribution in [0.15, 0.2) is 12.1 Å². The Morgan fingerprint density at radius 3 is 2.00 bits per heavy atom. The smallest absolute Gasteiger partial charge is 0.420 e. The zero-order chi connectivity index (χ0) is 15.7. The Kier molecular flexibility index (Phi) is 4.21. The van der Waals surface area contributed by atoms with Gasteiger partial charge in [-0.25, -0.2) is 4.79 Å². The van der Waals surface area contributed by atoms with Gasteiger partial charge in [0.15, 0.2) is 0 Å². The second-order valence-corrected chi connectivity index (χ2v) is 3.60. The minimum absolute atomic E-state index is 0.307. The van der Waals surface area contributed by atoms with Crippen LogP contribution >= 0.6 is 0 Å². The van der Waals surface area contributed by atoms with E-state index in [1.807, 2.05) is 0 Å². The number of aromatic hydroxyl groups is 1. The Bertz CT molecular complexity index is 518. The number of hydrogen-bond donors (Lipinski definition) is 1. The molecule has 9 heteroatoms. The molecule has 0 radical (unpaired) electrons. The third kappa shape index (κ3) is 3.14. The number of halogens is 6. The molecule has 3 nitrogen and oxygen atoms in total. The molecule has 0 aliphatic heterocycles. The monoisotopic (exact) mass is 302 g/mol. The highest BCUT2D eigenvalue weighted by molar-refractivity contribution is 5.92. The van der Waals surface area contributed by atoms with Crippen LogP contribution in [0.4, 0.5) is 26.3 Å². The fourth-order valence-corrected chi connectivity index (χ4v) is 1.55. The predicted molar refractivity (Wildman–Crippen MR) is 54.1 cm³/mol. The van der Waals surface area contributed by atoms with E-state index in [0.717, 1.165) is 0 Å². The Hall–Kier alpha value is -1.93. The summed E-state index contributed by atoms with van der Waals surface area (Å²) in [5, 5.41) is 9.05. The van der Waals surface area contributed by atoms with Gasteiger partial charge in [-0.1, -0.05) is 0 Å². The molecule has 0 aromatic heterocycles. The number of rotatable bonds is 2. The van der Waals surface area contributed by atoms with E-state index in [2.05, 4.69) is 4.74 Å². The minimum atomic E-state index is -5.48. The maximum absolute atomic E-state index is 12.8. The summed E-state index contributed by atoms with van der Waals surface area (Å²) in [6, 6.07) is 0.801. The normalized spacial score (nSPS) is 12.3. The number of hydrogen-bond acceptors (Lipinski definition) is 3. The molecule has 112 valence electrons. The fraction of sp³-hybridized carbons (Fsp3) is 0.364. The van der Waals surface area contributed by atoms with Crippen molar-refractivity contribution in [3.05, 3.63) is 28.8 Å². The predicted octanol–water partition coefficient (Wildman–Crippen LogP) is 3.61. The molecule has 0 bridgehead atoms. The molecule has 1 aromatic rings. The minimum Gasteiger partial charge on any atom is -0.507 e. The SMILES string of the molecule is CCOC(=O)c1ccc(O)c(C(F)(F)F)c1C(F)(F)F. The van der Waals surface area contributed by atoms with Gasteiger partial charge in [0.25, 0.3) is 0 Å². The maximum Gasteiger partial charge on any atom is 0.420 e. The quantitative estimate of drug-likeness (QED) is 0.670. The highest BCUT2D eigenvalue weighted by Crippen LogP contribution is 2.46. The van der Waals surface area contributed by atoms with E-state index in [-0.39, 0.29) is 6.61 Å². The van der Waals surface area contributed by atoms with Crippen molar-refractivity contribution in [2.45, 2.75) is 19.3 Å². The number of carbonyl (C=O) groups is 1. The average molecular weight is 302 g/mol. The van der Waals surface area contributed by atoms with Crippen molar-refractivity contribution in [2.75, 3.05) is 6.61 Å². The molecule has 0 aliphatic rings. The molecule has 0 spiro atoms. The summed E-state index contributed by atoms with van der Waals surface area (Å²) in [7, 11) is 0. The van der Waals surface area contributed by atoms with Gasteiger partial charge in [0, 0.05) is 0 Å². The van der Waals surface area contributed by atoms with E-state index >= 15 is 0 Å². The van der Waals surface area contributed by atoms with Crippen LogP contribution in [0, 0.1) is 0 Å². The summed E-state index contributed by atoms with van der Waals surface area (Å²) in [5.74, 6) is -3.16. The third-order valence-corrected chi connectivity index (χ3v) is 2.25. The number of phenols is 1. The summed E-state index contributed by atoms with van der Waals surface area (Å²) in [4.78, 5) is 11.3. The van der Waals surface area contributed by atoms with Gasteiger partial charge >= 0.3 is 18.3 Å². The van der Waals surface area contributed by atoms with Gasteiger partial charge in [0.05, 0.1) is 17.7 Å². The number of alkyl halides is 6. The fourth-order valence-electron chi connectivity index (χ4n) is 1.55. The van der Waals surface area contributed by atoms with E-state index in [4.69, 9.17) is 5.11 Å². The Balaban J connectivity index is 3.68. The lowest BCUT2D eigenvalue weighted by Gasteiger charge is -2.19. The van der Waals surface area contributed by atoms with E-state index < -0.39 is 40.8 Å². The van der Waals surface area contributed by atoms with E-state index in [9.17, 15) is 31.1 Å². The molecule has 0 heterocycles. The number of esters is 1. The molecule has 0 amide bonds. The van der Waals surface area contributed by atoms with Gasteiger partial charge in [0.1, 0.15) is 11.3 Å². The van der Waals surface area contributed by atoms with Gasteiger partial charge in [-0.2, -0.15) is 26.3 Å². The largest absolute Gasteiger partial charge is 0.507 e. The standard InChI is InChI=1S/C11H8F6O3/c1-2-20-9(19)5-3-4-6(18)8(11(15,16)17)7(5)10(12,13)14/h3-4,18H,2H2,1H3. The second kappa shape index (κ2) is 5.22. The van der Waals surface area contributed by atoms with Crippen molar-refractivity contribution >= 4 is 5.97 Å². The topological polar surface area (TPSA) is 46.5 Å². The molecule has 20 heavy (non-hydrogen) atoms. The summed E-state index contributed by atoms with van der Waals surface area (Å²) >= 11 is 0. The van der Waals surface area contributed by atoms with Gasteiger partial charge in [-0.15, -0.1) is 0 Å². The van der Waals surface area contributed by atoms with E-state index in [0.29, 0.717) is 12.1 Å². The van der Waals surface area contributed by atoms with Crippen molar-refractivity contribution < 1.29 is 41.0 Å². The van der Waals surface area contributed by atoms with Crippen LogP contribution in [0.25, 0.3) is 0 Å². The molecule has 0 atom stereocenters. The van der Waals surface area contributed by atoms with Gasteiger partial charge in [-0.3, -0.25) is 0 Å². The number of ether oxygens (including phenoxy) is 1. The summed E-state index contributed by atoms with van der Waals surface area (Å²) in [6.45, 7) is 0.981. The summed E-state index contributed by atoms with van der Waals surface area (Å²) in [5.41, 5.74) is -5.87. The summed E-state index contributed by atoms with van der Waals surface area (Å²) in [6.07, 6.45) is -11.0. The van der Waals surface area contributed by atoms with Crippen molar-refractivity contribution in [1.82, 2.24) is 0 Å². The van der Waals surface area contributed by atoms with Crippen molar-refractivity contribution in [1.29, 1.82) is 0 Å². The van der Waals surface area contributed by atoms with Crippen LogP contribution in [-0.4, -0.2) is 17.7 Å². The first-order valence-electron chi connectivity index (χ1n) is 5.17. The Morgan fingerprint density at radius 2 is 1.60 bits per heavy atom. The molecule has 0 saturated carbocycles. The van der Waals surface area contributed by atoms with Gasteiger partial charge in [-0.05, 0) is 19.1 Å². The lowest BCUT2D eigenvalue weighted by molar-refractivity contribution is -0.163. The first-order valence-corrected chi connectivity index (χ1v) is 5.17. The zero-order valence-corrected chi connectivity index (χ0v) is 9.89.